The van der Waals surface area contributed by atoms with Crippen molar-refractivity contribution in [3.8, 4) is 0 Å². The molecule has 1 nitrogen and oxygen atoms in total. The molecule has 1 atom stereocenters. The van der Waals surface area contributed by atoms with Gasteiger partial charge in [-0.2, -0.15) is 0 Å². The Balaban J connectivity index is 0.00000196. The number of rotatable bonds is 4. The number of nitrogens with two attached hydrogens (primary N) is 1. The first-order valence-corrected chi connectivity index (χ1v) is 5.68. The Hall–Kier alpha value is -0.310. The van der Waals surface area contributed by atoms with Crippen molar-refractivity contribution in [3.63, 3.8) is 0 Å². The molecule has 0 radical (unpaired) electrons. The van der Waals surface area contributed by atoms with Crippen molar-refractivity contribution in [3.05, 3.63) is 40.4 Å². The summed E-state index contributed by atoms with van der Waals surface area (Å²) in [6, 6.07) is 10.5. The van der Waals surface area contributed by atoms with Gasteiger partial charge in [0.15, 0.2) is 0 Å². The molecule has 2 N–H and O–H groups in total. The summed E-state index contributed by atoms with van der Waals surface area (Å²) in [5.41, 5.74) is 7.07. The maximum absolute atomic E-state index is 5.86. The summed E-state index contributed by atoms with van der Waals surface area (Å²) in [6.07, 6.45) is 4.04. The Morgan fingerprint density at radius 1 is 1.40 bits per heavy atom. The van der Waals surface area contributed by atoms with Crippen LogP contribution in [0.1, 0.15) is 25.3 Å². The highest BCUT2D eigenvalue weighted by atomic mass is 79.9. The first-order chi connectivity index (χ1) is 6.72. The lowest BCUT2D eigenvalue weighted by atomic mass is 10.1. The highest BCUT2D eigenvalue weighted by Crippen LogP contribution is 2.17. The van der Waals surface area contributed by atoms with Crippen molar-refractivity contribution in [2.45, 2.75) is 25.8 Å². The quantitative estimate of drug-likeness (QED) is 0.892. The van der Waals surface area contributed by atoms with E-state index in [0.29, 0.717) is 0 Å². The molecule has 84 valence electrons. The SMILES string of the molecule is CCC(N)C/C(Br)=C/c1ccccc1.Cl. The van der Waals surface area contributed by atoms with Crippen LogP contribution >= 0.6 is 28.3 Å². The Bertz CT molecular complexity index is 298. The van der Waals surface area contributed by atoms with Gasteiger partial charge in [-0.25, -0.2) is 0 Å². The molecule has 1 aromatic carbocycles. The molecule has 1 unspecified atom stereocenters. The van der Waals surface area contributed by atoms with E-state index in [1.807, 2.05) is 18.2 Å². The third kappa shape index (κ3) is 5.98. The van der Waals surface area contributed by atoms with Crippen molar-refractivity contribution >= 4 is 34.4 Å². The van der Waals surface area contributed by atoms with Crippen molar-refractivity contribution in [2.24, 2.45) is 5.73 Å². The van der Waals surface area contributed by atoms with Gasteiger partial charge in [0.2, 0.25) is 0 Å². The minimum absolute atomic E-state index is 0. The average Bonchev–Trinajstić information content (AvgIpc) is 2.19. The van der Waals surface area contributed by atoms with Crippen LogP contribution < -0.4 is 5.73 Å². The molecule has 0 aromatic heterocycles. The Kier molecular flexibility index (Phi) is 7.75. The van der Waals surface area contributed by atoms with Gasteiger partial charge in [0.05, 0.1) is 0 Å². The smallest absolute Gasteiger partial charge is 0.00818 e. The van der Waals surface area contributed by atoms with E-state index in [4.69, 9.17) is 5.73 Å². The highest BCUT2D eigenvalue weighted by Gasteiger charge is 2.00. The fourth-order valence-electron chi connectivity index (χ4n) is 1.18. The topological polar surface area (TPSA) is 26.0 Å². The van der Waals surface area contributed by atoms with Gasteiger partial charge < -0.3 is 5.73 Å². The molecule has 0 spiro atoms. The molecular formula is C12H17BrClN. The van der Waals surface area contributed by atoms with E-state index in [1.54, 1.807) is 0 Å². The van der Waals surface area contributed by atoms with E-state index in [1.165, 1.54) is 5.56 Å². The van der Waals surface area contributed by atoms with Crippen molar-refractivity contribution in [1.82, 2.24) is 0 Å². The largest absolute Gasteiger partial charge is 0.327 e. The van der Waals surface area contributed by atoms with Gasteiger partial charge in [-0.15, -0.1) is 12.4 Å². The van der Waals surface area contributed by atoms with E-state index in [9.17, 15) is 0 Å². The first-order valence-electron chi connectivity index (χ1n) is 4.89. The summed E-state index contributed by atoms with van der Waals surface area (Å²) in [6.45, 7) is 2.10. The first kappa shape index (κ1) is 14.7. The molecule has 0 fully saturated rings. The Morgan fingerprint density at radius 2 is 2.00 bits per heavy atom. The van der Waals surface area contributed by atoms with Gasteiger partial charge >= 0.3 is 0 Å². The van der Waals surface area contributed by atoms with E-state index in [0.717, 1.165) is 17.3 Å². The normalized spacial score (nSPS) is 13.1. The summed E-state index contributed by atoms with van der Waals surface area (Å²) >= 11 is 3.54. The maximum atomic E-state index is 5.86. The summed E-state index contributed by atoms with van der Waals surface area (Å²) in [7, 11) is 0. The Morgan fingerprint density at radius 3 is 2.53 bits per heavy atom. The van der Waals surface area contributed by atoms with Gasteiger partial charge in [0, 0.05) is 6.04 Å². The lowest BCUT2D eigenvalue weighted by Gasteiger charge is -2.07. The predicted molar refractivity (Wildman–Crippen MR) is 73.5 cm³/mol. The third-order valence-electron chi connectivity index (χ3n) is 2.10. The highest BCUT2D eigenvalue weighted by molar-refractivity contribution is 9.11. The zero-order valence-corrected chi connectivity index (χ0v) is 11.2. The second-order valence-electron chi connectivity index (χ2n) is 3.37. The molecular weight excluding hydrogens is 273 g/mol. The van der Waals surface area contributed by atoms with Crippen LogP contribution in [0.3, 0.4) is 0 Å². The fourth-order valence-corrected chi connectivity index (χ4v) is 1.86. The van der Waals surface area contributed by atoms with Crippen LogP contribution in [0.25, 0.3) is 6.08 Å². The van der Waals surface area contributed by atoms with Crippen LogP contribution in [0.15, 0.2) is 34.8 Å². The number of hydrogen-bond donors (Lipinski definition) is 1. The maximum Gasteiger partial charge on any atom is 0.00818 e. The van der Waals surface area contributed by atoms with Gasteiger partial charge in [-0.1, -0.05) is 53.2 Å². The number of hydrogen-bond acceptors (Lipinski definition) is 1. The van der Waals surface area contributed by atoms with Crippen LogP contribution in [0.5, 0.6) is 0 Å². The molecule has 0 saturated carbocycles. The number of halogens is 2. The molecule has 1 aromatic rings. The van der Waals surface area contributed by atoms with Gasteiger partial charge in [0.25, 0.3) is 0 Å². The minimum Gasteiger partial charge on any atom is -0.327 e. The van der Waals surface area contributed by atoms with E-state index in [-0.39, 0.29) is 18.4 Å². The number of benzene rings is 1. The summed E-state index contributed by atoms with van der Waals surface area (Å²) < 4.78 is 1.16. The van der Waals surface area contributed by atoms with Crippen molar-refractivity contribution < 1.29 is 0 Å². The summed E-state index contributed by atoms with van der Waals surface area (Å²) in [4.78, 5) is 0. The van der Waals surface area contributed by atoms with Crippen LogP contribution in [0.4, 0.5) is 0 Å². The second-order valence-corrected chi connectivity index (χ2v) is 4.39. The fraction of sp³-hybridized carbons (Fsp3) is 0.333. The van der Waals surface area contributed by atoms with E-state index in [2.05, 4.69) is 41.1 Å². The second kappa shape index (κ2) is 7.91. The van der Waals surface area contributed by atoms with Crippen LogP contribution in [-0.4, -0.2) is 6.04 Å². The van der Waals surface area contributed by atoms with Crippen molar-refractivity contribution in [2.75, 3.05) is 0 Å². The standard InChI is InChI=1S/C12H16BrN.ClH/c1-2-12(14)9-11(13)8-10-6-4-3-5-7-10;/h3-8,12H,2,9,14H2,1H3;1H/b11-8-;. The molecule has 1 rings (SSSR count). The monoisotopic (exact) mass is 289 g/mol. The molecule has 0 aliphatic rings. The summed E-state index contributed by atoms with van der Waals surface area (Å²) in [5, 5.41) is 0. The lowest BCUT2D eigenvalue weighted by molar-refractivity contribution is 0.657. The van der Waals surface area contributed by atoms with E-state index < -0.39 is 0 Å². The zero-order chi connectivity index (χ0) is 10.4. The summed E-state index contributed by atoms with van der Waals surface area (Å²) in [5.74, 6) is 0. The van der Waals surface area contributed by atoms with Crippen LogP contribution in [0, 0.1) is 0 Å². The molecule has 15 heavy (non-hydrogen) atoms. The lowest BCUT2D eigenvalue weighted by Crippen LogP contribution is -2.17. The van der Waals surface area contributed by atoms with Gasteiger partial charge in [0.1, 0.15) is 0 Å². The van der Waals surface area contributed by atoms with Gasteiger partial charge in [-0.05, 0) is 29.0 Å². The third-order valence-corrected chi connectivity index (χ3v) is 2.66. The predicted octanol–water partition coefficient (Wildman–Crippen LogP) is 3.97. The van der Waals surface area contributed by atoms with Crippen LogP contribution in [-0.2, 0) is 0 Å². The molecule has 0 heterocycles. The van der Waals surface area contributed by atoms with E-state index >= 15 is 0 Å². The molecule has 0 aliphatic heterocycles. The zero-order valence-electron chi connectivity index (χ0n) is 8.82. The molecule has 0 saturated heterocycles. The molecule has 0 bridgehead atoms. The minimum atomic E-state index is 0. The molecule has 0 amide bonds. The average molecular weight is 291 g/mol. The Labute approximate surface area is 106 Å². The van der Waals surface area contributed by atoms with Crippen LogP contribution in [0.2, 0.25) is 0 Å². The van der Waals surface area contributed by atoms with Gasteiger partial charge in [-0.3, -0.25) is 0 Å². The molecule has 3 heteroatoms. The molecule has 0 aliphatic carbocycles. The van der Waals surface area contributed by atoms with Crippen molar-refractivity contribution in [1.29, 1.82) is 0 Å².